The molecule has 7 nitrogen and oxygen atoms in total. The van der Waals surface area contributed by atoms with Gasteiger partial charge in [0.1, 0.15) is 0 Å². The van der Waals surface area contributed by atoms with E-state index < -0.39 is 46.0 Å². The number of nitrogens with zero attached hydrogens (tertiary/aromatic N) is 1. The number of amides is 1. The topological polar surface area (TPSA) is 98.5 Å². The van der Waals surface area contributed by atoms with Crippen molar-refractivity contribution in [1.82, 2.24) is 0 Å². The number of esters is 1. The van der Waals surface area contributed by atoms with Gasteiger partial charge in [0.25, 0.3) is 11.6 Å². The average molecular weight is 388 g/mol. The first kappa shape index (κ1) is 20.7. The fourth-order valence-electron chi connectivity index (χ4n) is 2.97. The summed E-state index contributed by atoms with van der Waals surface area (Å²) in [7, 11) is 0. The number of carbonyl (C=O) groups excluding carboxylic acids is 2. The highest BCUT2D eigenvalue weighted by molar-refractivity contribution is 5.96. The Balaban J connectivity index is 2.05. The Kier molecular flexibility index (Phi) is 6.40. The first-order valence-electron chi connectivity index (χ1n) is 8.44. The number of anilines is 1. The summed E-state index contributed by atoms with van der Waals surface area (Å²) in [6, 6.07) is 1.99. The van der Waals surface area contributed by atoms with Gasteiger partial charge in [-0.2, -0.15) is 13.2 Å². The predicted octanol–water partition coefficient (Wildman–Crippen LogP) is 4.06. The van der Waals surface area contributed by atoms with Gasteiger partial charge in [0.15, 0.2) is 6.10 Å². The molecule has 1 aromatic rings. The first-order valence-corrected chi connectivity index (χ1v) is 8.44. The number of carbonyl (C=O) groups is 2. The van der Waals surface area contributed by atoms with Crippen LogP contribution in [0.4, 0.5) is 24.5 Å². The van der Waals surface area contributed by atoms with E-state index in [1.165, 1.54) is 6.92 Å². The van der Waals surface area contributed by atoms with Gasteiger partial charge in [-0.05, 0) is 31.7 Å². The van der Waals surface area contributed by atoms with Crippen molar-refractivity contribution < 1.29 is 32.4 Å². The molecule has 1 saturated carbocycles. The van der Waals surface area contributed by atoms with Gasteiger partial charge < -0.3 is 10.1 Å². The van der Waals surface area contributed by atoms with Gasteiger partial charge >= 0.3 is 12.1 Å². The summed E-state index contributed by atoms with van der Waals surface area (Å²) in [5, 5.41) is 12.7. The molecule has 0 aliphatic heterocycles. The molecule has 1 aliphatic rings. The Morgan fingerprint density at radius 3 is 2.52 bits per heavy atom. The predicted molar refractivity (Wildman–Crippen MR) is 88.9 cm³/mol. The number of hydrogen-bond donors (Lipinski definition) is 1. The molecule has 1 aliphatic carbocycles. The van der Waals surface area contributed by atoms with Crippen LogP contribution in [-0.2, 0) is 20.5 Å². The molecule has 0 aromatic heterocycles. The largest absolute Gasteiger partial charge is 0.453 e. The molecule has 148 valence electrons. The van der Waals surface area contributed by atoms with Crippen LogP contribution in [0, 0.1) is 16.0 Å². The van der Waals surface area contributed by atoms with Gasteiger partial charge in [0.2, 0.25) is 0 Å². The number of benzene rings is 1. The minimum absolute atomic E-state index is 0.170. The zero-order valence-corrected chi connectivity index (χ0v) is 14.5. The number of nitrogens with one attached hydrogen (secondary N) is 1. The lowest BCUT2D eigenvalue weighted by Crippen LogP contribution is -2.31. The van der Waals surface area contributed by atoms with Gasteiger partial charge in [-0.3, -0.25) is 19.7 Å². The van der Waals surface area contributed by atoms with E-state index in [1.807, 2.05) is 5.32 Å². The minimum Gasteiger partial charge on any atom is -0.453 e. The molecule has 1 atom stereocenters. The highest BCUT2D eigenvalue weighted by Crippen LogP contribution is 2.37. The van der Waals surface area contributed by atoms with E-state index in [4.69, 9.17) is 4.74 Å². The second-order valence-electron chi connectivity index (χ2n) is 6.46. The number of non-ortho nitro benzene ring substituents is 1. The summed E-state index contributed by atoms with van der Waals surface area (Å²) in [5.74, 6) is -1.32. The van der Waals surface area contributed by atoms with Gasteiger partial charge in [-0.1, -0.05) is 12.8 Å². The van der Waals surface area contributed by atoms with E-state index in [-0.39, 0.29) is 12.3 Å². The van der Waals surface area contributed by atoms with Crippen molar-refractivity contribution in [3.05, 3.63) is 33.9 Å². The molecule has 0 saturated heterocycles. The summed E-state index contributed by atoms with van der Waals surface area (Å²) in [6.45, 7) is 1.25. The maximum atomic E-state index is 13.1. The monoisotopic (exact) mass is 388 g/mol. The Morgan fingerprint density at radius 1 is 1.33 bits per heavy atom. The van der Waals surface area contributed by atoms with Crippen molar-refractivity contribution in [2.24, 2.45) is 5.92 Å². The highest BCUT2D eigenvalue weighted by Gasteiger charge is 2.36. The van der Waals surface area contributed by atoms with Gasteiger partial charge in [0.05, 0.1) is 16.2 Å². The van der Waals surface area contributed by atoms with E-state index in [2.05, 4.69) is 0 Å². The number of nitro groups is 1. The molecule has 2 rings (SSSR count). The van der Waals surface area contributed by atoms with Crippen molar-refractivity contribution in [2.75, 3.05) is 5.32 Å². The van der Waals surface area contributed by atoms with Crippen molar-refractivity contribution in [3.63, 3.8) is 0 Å². The second-order valence-corrected chi connectivity index (χ2v) is 6.46. The van der Waals surface area contributed by atoms with Gasteiger partial charge in [-0.25, -0.2) is 0 Å². The summed E-state index contributed by atoms with van der Waals surface area (Å²) < 4.78 is 44.4. The van der Waals surface area contributed by atoms with Crippen LogP contribution in [0.5, 0.6) is 0 Å². The van der Waals surface area contributed by atoms with Crippen LogP contribution < -0.4 is 5.32 Å². The van der Waals surface area contributed by atoms with Crippen LogP contribution in [0.25, 0.3) is 0 Å². The van der Waals surface area contributed by atoms with Crippen LogP contribution in [0.3, 0.4) is 0 Å². The summed E-state index contributed by atoms with van der Waals surface area (Å²) in [6.07, 6.45) is -2.14. The van der Waals surface area contributed by atoms with Crippen LogP contribution in [0.15, 0.2) is 18.2 Å². The third kappa shape index (κ3) is 5.66. The molecule has 0 spiro atoms. The third-order valence-corrected chi connectivity index (χ3v) is 4.38. The Hall–Kier alpha value is -2.65. The molecule has 0 unspecified atom stereocenters. The fraction of sp³-hybridized carbons (Fsp3) is 0.529. The fourth-order valence-corrected chi connectivity index (χ4v) is 2.97. The standard InChI is InChI=1S/C17H19F3N2O5/c1-10(27-15(23)8-11-4-2-3-5-11)16(24)21-14-7-6-12(22(25)26)9-13(14)17(18,19)20/h6-7,9-11H,2-5,8H2,1H3,(H,21,24)/t10-/m0/s1. The third-order valence-electron chi connectivity index (χ3n) is 4.38. The smallest absolute Gasteiger partial charge is 0.418 e. The van der Waals surface area contributed by atoms with Gasteiger partial charge in [0, 0.05) is 18.6 Å². The van der Waals surface area contributed by atoms with E-state index in [9.17, 15) is 32.9 Å². The van der Waals surface area contributed by atoms with E-state index in [1.54, 1.807) is 0 Å². The summed E-state index contributed by atoms with van der Waals surface area (Å²) in [4.78, 5) is 33.7. The molecule has 1 fully saturated rings. The van der Waals surface area contributed by atoms with Crippen LogP contribution in [0.1, 0.15) is 44.6 Å². The first-order chi connectivity index (χ1) is 12.6. The average Bonchev–Trinajstić information content (AvgIpc) is 3.06. The van der Waals surface area contributed by atoms with Crippen LogP contribution in [0.2, 0.25) is 0 Å². The molecule has 1 N–H and O–H groups in total. The Labute approximate surface area is 153 Å². The quantitative estimate of drug-likeness (QED) is 0.450. The Bertz CT molecular complexity index is 730. The zero-order chi connectivity index (χ0) is 20.2. The van der Waals surface area contributed by atoms with Crippen molar-refractivity contribution in [3.8, 4) is 0 Å². The number of ether oxygens (including phenoxy) is 1. The molecule has 1 amide bonds. The summed E-state index contributed by atoms with van der Waals surface area (Å²) in [5.41, 5.74) is -2.75. The molecule has 10 heteroatoms. The van der Waals surface area contributed by atoms with E-state index in [0.29, 0.717) is 6.07 Å². The van der Waals surface area contributed by atoms with Crippen molar-refractivity contribution in [2.45, 2.75) is 51.3 Å². The number of rotatable bonds is 6. The molecule has 0 radical (unpaired) electrons. The van der Waals surface area contributed by atoms with Crippen LogP contribution >= 0.6 is 0 Å². The Morgan fingerprint density at radius 2 is 1.96 bits per heavy atom. The normalized spacial score (nSPS) is 16.0. The number of alkyl halides is 3. The lowest BCUT2D eigenvalue weighted by atomic mass is 10.0. The van der Waals surface area contributed by atoms with Crippen molar-refractivity contribution >= 4 is 23.3 Å². The number of nitro benzene ring substituents is 1. The molecule has 27 heavy (non-hydrogen) atoms. The molecular formula is C17H19F3N2O5. The highest BCUT2D eigenvalue weighted by atomic mass is 19.4. The molecule has 0 heterocycles. The maximum absolute atomic E-state index is 13.1. The van der Waals surface area contributed by atoms with E-state index >= 15 is 0 Å². The molecule has 1 aromatic carbocycles. The molecular weight excluding hydrogens is 369 g/mol. The minimum atomic E-state index is -4.91. The lowest BCUT2D eigenvalue weighted by Gasteiger charge is -2.17. The maximum Gasteiger partial charge on any atom is 0.418 e. The molecule has 0 bridgehead atoms. The van der Waals surface area contributed by atoms with Gasteiger partial charge in [-0.15, -0.1) is 0 Å². The number of hydrogen-bond acceptors (Lipinski definition) is 5. The number of halogens is 3. The second kappa shape index (κ2) is 8.36. The lowest BCUT2D eigenvalue weighted by molar-refractivity contribution is -0.385. The SMILES string of the molecule is C[C@H](OC(=O)CC1CCCC1)C(=O)Nc1ccc([N+](=O)[O-])cc1C(F)(F)F. The van der Waals surface area contributed by atoms with Crippen molar-refractivity contribution in [1.29, 1.82) is 0 Å². The van der Waals surface area contributed by atoms with Crippen LogP contribution in [-0.4, -0.2) is 22.9 Å². The van der Waals surface area contributed by atoms with E-state index in [0.717, 1.165) is 37.8 Å². The zero-order valence-electron chi connectivity index (χ0n) is 14.5. The summed E-state index contributed by atoms with van der Waals surface area (Å²) >= 11 is 0.